The molecule has 1 unspecified atom stereocenters. The predicted octanol–water partition coefficient (Wildman–Crippen LogP) is 0.578. The molecule has 1 aromatic rings. The molecule has 0 aliphatic carbocycles. The first-order chi connectivity index (χ1) is 22.3. The number of amides is 7. The van der Waals surface area contributed by atoms with Crippen molar-refractivity contribution in [3.63, 3.8) is 0 Å². The van der Waals surface area contributed by atoms with Crippen molar-refractivity contribution >= 4 is 47.0 Å². The van der Waals surface area contributed by atoms with Gasteiger partial charge in [0.1, 0.15) is 6.04 Å². The third kappa shape index (κ3) is 9.36. The monoisotopic (exact) mass is 642 g/mol. The van der Waals surface area contributed by atoms with E-state index in [1.165, 1.54) is 24.3 Å². The highest BCUT2D eigenvalue weighted by Gasteiger charge is 2.45. The van der Waals surface area contributed by atoms with Gasteiger partial charge in [-0.25, -0.2) is 0 Å². The minimum Gasteiger partial charge on any atom is -0.379 e. The first kappa shape index (κ1) is 34.6. The lowest BCUT2D eigenvalue weighted by Crippen LogP contribution is -2.54. The number of carbonyl (C=O) groups excluding carboxylic acids is 7. The Morgan fingerprint density at radius 1 is 0.783 bits per heavy atom. The second-order valence-electron chi connectivity index (χ2n) is 10.6. The molecule has 4 rings (SSSR count). The average Bonchev–Trinajstić information content (AvgIpc) is 3.48. The van der Waals surface area contributed by atoms with Crippen LogP contribution in [0.25, 0.3) is 0 Å². The molecule has 1 saturated heterocycles. The Labute approximate surface area is 265 Å². The van der Waals surface area contributed by atoms with Crippen LogP contribution in [-0.4, -0.2) is 117 Å². The number of benzene rings is 1. The van der Waals surface area contributed by atoms with Gasteiger partial charge in [0.2, 0.25) is 17.7 Å². The molecule has 248 valence electrons. The summed E-state index contributed by atoms with van der Waals surface area (Å²) in [5, 5.41) is 4.88. The zero-order valence-electron chi connectivity index (χ0n) is 25.5. The maximum absolute atomic E-state index is 13.1. The second kappa shape index (κ2) is 17.4. The SMILES string of the molecule is O=C1CCC(N2C(=O)c3cccc(NC(=O)CCCCCOCCOCCOCCOCCN4C(=O)C=CC4=O)c3C2=O)C(=O)N1. The van der Waals surface area contributed by atoms with E-state index in [4.69, 9.17) is 18.9 Å². The molecule has 0 aromatic heterocycles. The number of fused-ring (bicyclic) bond motifs is 1. The minimum atomic E-state index is -1.08. The van der Waals surface area contributed by atoms with Crippen molar-refractivity contribution in [1.82, 2.24) is 15.1 Å². The van der Waals surface area contributed by atoms with Crippen LogP contribution < -0.4 is 10.6 Å². The van der Waals surface area contributed by atoms with Gasteiger partial charge in [0.05, 0.1) is 69.6 Å². The summed E-state index contributed by atoms with van der Waals surface area (Å²) in [7, 11) is 0. The number of piperidine rings is 1. The summed E-state index contributed by atoms with van der Waals surface area (Å²) in [5.41, 5.74) is 0.358. The van der Waals surface area contributed by atoms with Crippen LogP contribution in [0.4, 0.5) is 5.69 Å². The van der Waals surface area contributed by atoms with Crippen LogP contribution in [-0.2, 0) is 42.9 Å². The van der Waals surface area contributed by atoms with Crippen molar-refractivity contribution in [2.75, 3.05) is 64.7 Å². The molecule has 15 heteroatoms. The Kier molecular flexibility index (Phi) is 13.1. The normalized spacial score (nSPS) is 17.7. The Balaban J connectivity index is 0.991. The summed E-state index contributed by atoms with van der Waals surface area (Å²) in [6.07, 6.45) is 4.86. The Morgan fingerprint density at radius 3 is 2.07 bits per heavy atom. The van der Waals surface area contributed by atoms with Gasteiger partial charge in [0, 0.05) is 31.6 Å². The molecule has 15 nitrogen and oxygen atoms in total. The molecule has 1 atom stereocenters. The first-order valence-electron chi connectivity index (χ1n) is 15.3. The molecular formula is C31H38N4O11. The summed E-state index contributed by atoms with van der Waals surface area (Å²) in [6.45, 7) is 3.32. The van der Waals surface area contributed by atoms with Gasteiger partial charge in [-0.2, -0.15) is 0 Å². The first-order valence-corrected chi connectivity index (χ1v) is 15.3. The van der Waals surface area contributed by atoms with E-state index in [2.05, 4.69) is 10.6 Å². The van der Waals surface area contributed by atoms with Gasteiger partial charge >= 0.3 is 0 Å². The Hall–Kier alpha value is -4.31. The molecule has 1 fully saturated rings. The van der Waals surface area contributed by atoms with Crippen LogP contribution in [0.2, 0.25) is 0 Å². The van der Waals surface area contributed by atoms with E-state index in [0.717, 1.165) is 22.6 Å². The summed E-state index contributed by atoms with van der Waals surface area (Å²) >= 11 is 0. The van der Waals surface area contributed by atoms with Crippen molar-refractivity contribution in [3.8, 4) is 0 Å². The lowest BCUT2D eigenvalue weighted by molar-refractivity contribution is -0.138. The molecule has 0 bridgehead atoms. The third-order valence-corrected chi connectivity index (χ3v) is 7.41. The van der Waals surface area contributed by atoms with Crippen LogP contribution in [0, 0.1) is 0 Å². The van der Waals surface area contributed by atoms with Gasteiger partial charge in [0.15, 0.2) is 0 Å². The van der Waals surface area contributed by atoms with Gasteiger partial charge in [-0.3, -0.25) is 48.7 Å². The summed E-state index contributed by atoms with van der Waals surface area (Å²) in [5.74, 6) is -3.41. The number of nitrogens with zero attached hydrogens (tertiary/aromatic N) is 2. The number of ether oxygens (including phenoxy) is 4. The van der Waals surface area contributed by atoms with Crippen molar-refractivity contribution < 1.29 is 52.5 Å². The molecule has 3 aliphatic rings. The van der Waals surface area contributed by atoms with Crippen LogP contribution in [0.1, 0.15) is 59.2 Å². The number of nitrogens with one attached hydrogen (secondary N) is 2. The molecule has 1 aromatic carbocycles. The highest BCUT2D eigenvalue weighted by molar-refractivity contribution is 6.26. The van der Waals surface area contributed by atoms with Gasteiger partial charge in [-0.1, -0.05) is 12.5 Å². The summed E-state index contributed by atoms with van der Waals surface area (Å²) in [6, 6.07) is 3.50. The molecule has 2 N–H and O–H groups in total. The fraction of sp³-hybridized carbons (Fsp3) is 0.516. The van der Waals surface area contributed by atoms with Crippen molar-refractivity contribution in [2.45, 2.75) is 44.6 Å². The fourth-order valence-corrected chi connectivity index (χ4v) is 5.07. The smallest absolute Gasteiger partial charge is 0.264 e. The molecular weight excluding hydrogens is 604 g/mol. The Bertz CT molecular complexity index is 1340. The zero-order valence-corrected chi connectivity index (χ0v) is 25.5. The van der Waals surface area contributed by atoms with Gasteiger partial charge in [-0.15, -0.1) is 0 Å². The van der Waals surface area contributed by atoms with E-state index in [1.807, 2.05) is 0 Å². The van der Waals surface area contributed by atoms with Crippen LogP contribution in [0.5, 0.6) is 0 Å². The summed E-state index contributed by atoms with van der Waals surface area (Å²) < 4.78 is 21.8. The van der Waals surface area contributed by atoms with E-state index >= 15 is 0 Å². The number of rotatable bonds is 20. The van der Waals surface area contributed by atoms with Gasteiger partial charge in [-0.05, 0) is 31.4 Å². The van der Waals surface area contributed by atoms with Crippen molar-refractivity contribution in [3.05, 3.63) is 41.5 Å². The molecule has 3 aliphatic heterocycles. The number of hydrogen-bond donors (Lipinski definition) is 2. The number of imide groups is 3. The number of carbonyl (C=O) groups is 7. The number of hydrogen-bond acceptors (Lipinski definition) is 11. The van der Waals surface area contributed by atoms with Crippen molar-refractivity contribution in [1.29, 1.82) is 0 Å². The lowest BCUT2D eigenvalue weighted by atomic mass is 10.0. The highest BCUT2D eigenvalue weighted by Crippen LogP contribution is 2.32. The quantitative estimate of drug-likeness (QED) is 0.150. The Morgan fingerprint density at radius 2 is 1.41 bits per heavy atom. The molecule has 46 heavy (non-hydrogen) atoms. The maximum Gasteiger partial charge on any atom is 0.264 e. The van der Waals surface area contributed by atoms with E-state index < -0.39 is 29.7 Å². The van der Waals surface area contributed by atoms with E-state index in [-0.39, 0.29) is 66.9 Å². The second-order valence-corrected chi connectivity index (χ2v) is 10.6. The topological polar surface area (TPSA) is 187 Å². The molecule has 7 amide bonds. The van der Waals surface area contributed by atoms with Gasteiger partial charge < -0.3 is 24.3 Å². The maximum atomic E-state index is 13.1. The fourth-order valence-electron chi connectivity index (χ4n) is 5.07. The largest absolute Gasteiger partial charge is 0.379 e. The van der Waals surface area contributed by atoms with E-state index in [1.54, 1.807) is 6.07 Å². The number of unbranched alkanes of at least 4 members (excludes halogenated alkanes) is 2. The minimum absolute atomic E-state index is 0.0245. The average molecular weight is 643 g/mol. The van der Waals surface area contributed by atoms with Crippen molar-refractivity contribution in [2.24, 2.45) is 0 Å². The number of anilines is 1. The van der Waals surface area contributed by atoms with Gasteiger partial charge in [0.25, 0.3) is 23.6 Å². The summed E-state index contributed by atoms with van der Waals surface area (Å²) in [4.78, 5) is 87.2. The third-order valence-electron chi connectivity index (χ3n) is 7.41. The molecule has 0 radical (unpaired) electrons. The molecule has 0 spiro atoms. The van der Waals surface area contributed by atoms with Crippen LogP contribution >= 0.6 is 0 Å². The van der Waals surface area contributed by atoms with Crippen LogP contribution in [0.15, 0.2) is 30.4 Å². The molecule has 3 heterocycles. The van der Waals surface area contributed by atoms with E-state index in [0.29, 0.717) is 52.7 Å². The van der Waals surface area contributed by atoms with E-state index in [9.17, 15) is 33.6 Å². The predicted molar refractivity (Wildman–Crippen MR) is 159 cm³/mol. The lowest BCUT2D eigenvalue weighted by Gasteiger charge is -2.27. The standard InChI is InChI=1S/C31H38N4O11/c36-24(32-22-6-4-5-21-28(22)31(42)35(30(21)41)23-8-9-25(37)33-29(23)40)7-2-1-3-13-43-15-17-45-19-20-46-18-16-44-14-12-34-26(38)10-11-27(34)39/h4-6,10-11,23H,1-3,7-9,12-20H2,(H,32,36)(H,33,37,40). The van der Waals surface area contributed by atoms with Crippen LogP contribution in [0.3, 0.4) is 0 Å². The highest BCUT2D eigenvalue weighted by atomic mass is 16.6. The zero-order chi connectivity index (χ0) is 32.9. The molecule has 0 saturated carbocycles.